The predicted octanol–water partition coefficient (Wildman–Crippen LogP) is 3.31. The molecule has 0 atom stereocenters. The molecule has 0 saturated carbocycles. The molecule has 1 amide bonds. The van der Waals surface area contributed by atoms with Crippen molar-refractivity contribution in [3.8, 4) is 5.75 Å². The molecule has 1 saturated heterocycles. The van der Waals surface area contributed by atoms with Crippen molar-refractivity contribution in [3.05, 3.63) is 50.7 Å². The van der Waals surface area contributed by atoms with Gasteiger partial charge in [0.15, 0.2) is 0 Å². The van der Waals surface area contributed by atoms with E-state index < -0.39 is 0 Å². The van der Waals surface area contributed by atoms with E-state index in [2.05, 4.69) is 43.1 Å². The van der Waals surface area contributed by atoms with Gasteiger partial charge in [-0.25, -0.2) is 0 Å². The van der Waals surface area contributed by atoms with Crippen molar-refractivity contribution >= 4 is 17.2 Å². The Morgan fingerprint density at radius 3 is 2.78 bits per heavy atom. The average Bonchev–Trinajstić information content (AvgIpc) is 3.13. The second-order valence-corrected chi connectivity index (χ2v) is 7.93. The van der Waals surface area contributed by atoms with Gasteiger partial charge in [0.2, 0.25) is 0 Å². The summed E-state index contributed by atoms with van der Waals surface area (Å²) in [5.74, 6) is 0.900. The van der Waals surface area contributed by atoms with E-state index in [4.69, 9.17) is 9.47 Å². The third-order valence-corrected chi connectivity index (χ3v) is 5.83. The first-order valence-corrected chi connectivity index (χ1v) is 10.3. The minimum atomic E-state index is -0.0120. The molecular weight excluding hydrogens is 360 g/mol. The van der Waals surface area contributed by atoms with Gasteiger partial charge in [0, 0.05) is 31.7 Å². The molecule has 3 rings (SSSR count). The second kappa shape index (κ2) is 9.35. The number of rotatable bonds is 7. The van der Waals surface area contributed by atoms with Gasteiger partial charge in [-0.05, 0) is 55.0 Å². The van der Waals surface area contributed by atoms with Gasteiger partial charge in [-0.15, -0.1) is 11.3 Å². The summed E-state index contributed by atoms with van der Waals surface area (Å²) in [4.78, 5) is 15.4. The van der Waals surface area contributed by atoms with Gasteiger partial charge in [0.25, 0.3) is 5.91 Å². The van der Waals surface area contributed by atoms with Crippen LogP contribution in [0.15, 0.2) is 23.6 Å². The van der Waals surface area contributed by atoms with Gasteiger partial charge < -0.3 is 14.8 Å². The Balaban J connectivity index is 1.48. The maximum absolute atomic E-state index is 12.3. The topological polar surface area (TPSA) is 50.8 Å². The Bertz CT molecular complexity index is 782. The van der Waals surface area contributed by atoms with E-state index in [0.29, 0.717) is 13.2 Å². The molecule has 1 fully saturated rings. The van der Waals surface area contributed by atoms with Crippen LogP contribution in [0.3, 0.4) is 0 Å². The molecule has 0 aliphatic carbocycles. The molecule has 6 heteroatoms. The van der Waals surface area contributed by atoms with Gasteiger partial charge in [-0.3, -0.25) is 9.69 Å². The van der Waals surface area contributed by atoms with Crippen LogP contribution in [0.2, 0.25) is 0 Å². The highest BCUT2D eigenvalue weighted by Gasteiger charge is 2.13. The Morgan fingerprint density at radius 2 is 2.00 bits per heavy atom. The number of hydrogen-bond acceptors (Lipinski definition) is 5. The van der Waals surface area contributed by atoms with E-state index in [-0.39, 0.29) is 5.91 Å². The van der Waals surface area contributed by atoms with Gasteiger partial charge >= 0.3 is 0 Å². The molecular formula is C21H28N2O3S. The summed E-state index contributed by atoms with van der Waals surface area (Å²) < 4.78 is 11.3. The summed E-state index contributed by atoms with van der Waals surface area (Å²) in [5.41, 5.74) is 4.61. The zero-order valence-electron chi connectivity index (χ0n) is 16.3. The van der Waals surface area contributed by atoms with Gasteiger partial charge in [0.1, 0.15) is 12.4 Å². The Morgan fingerprint density at radius 1 is 1.22 bits per heavy atom. The van der Waals surface area contributed by atoms with Crippen LogP contribution in [-0.4, -0.2) is 50.2 Å². The van der Waals surface area contributed by atoms with Crippen molar-refractivity contribution in [2.24, 2.45) is 0 Å². The van der Waals surface area contributed by atoms with Crippen LogP contribution >= 0.6 is 11.3 Å². The maximum Gasteiger partial charge on any atom is 0.261 e. The first-order chi connectivity index (χ1) is 13.0. The van der Waals surface area contributed by atoms with Crippen LogP contribution in [0.25, 0.3) is 0 Å². The lowest BCUT2D eigenvalue weighted by Crippen LogP contribution is -2.41. The van der Waals surface area contributed by atoms with E-state index in [1.807, 2.05) is 11.4 Å². The number of nitrogens with one attached hydrogen (secondary N) is 1. The van der Waals surface area contributed by atoms with E-state index >= 15 is 0 Å². The fraction of sp³-hybridized carbons (Fsp3) is 0.476. The average molecular weight is 389 g/mol. The van der Waals surface area contributed by atoms with Crippen LogP contribution in [0.5, 0.6) is 5.75 Å². The normalized spacial score (nSPS) is 14.9. The highest BCUT2D eigenvalue weighted by Crippen LogP contribution is 2.25. The van der Waals surface area contributed by atoms with Crippen LogP contribution in [0.4, 0.5) is 0 Å². The SMILES string of the molecule is Cc1cc(C)c(C)c(OCc2csc(C(=O)NCCN3CCOCC3)c2)c1. The molecule has 0 radical (unpaired) electrons. The number of ether oxygens (including phenoxy) is 2. The molecule has 146 valence electrons. The van der Waals surface area contributed by atoms with Crippen molar-refractivity contribution in [2.75, 3.05) is 39.4 Å². The molecule has 1 N–H and O–H groups in total. The van der Waals surface area contributed by atoms with Gasteiger partial charge in [-0.2, -0.15) is 0 Å². The summed E-state index contributed by atoms with van der Waals surface area (Å²) in [6.45, 7) is 11.7. The monoisotopic (exact) mass is 388 g/mol. The Labute approximate surface area is 165 Å². The van der Waals surface area contributed by atoms with Crippen molar-refractivity contribution in [2.45, 2.75) is 27.4 Å². The fourth-order valence-corrected chi connectivity index (χ4v) is 3.93. The number of carbonyl (C=O) groups is 1. The zero-order chi connectivity index (χ0) is 19.2. The molecule has 1 aliphatic heterocycles. The number of morpholine rings is 1. The lowest BCUT2D eigenvalue weighted by molar-refractivity contribution is 0.0383. The molecule has 0 bridgehead atoms. The highest BCUT2D eigenvalue weighted by atomic mass is 32.1. The molecule has 1 aromatic heterocycles. The second-order valence-electron chi connectivity index (χ2n) is 7.02. The minimum absolute atomic E-state index is 0.0120. The maximum atomic E-state index is 12.3. The van der Waals surface area contributed by atoms with Crippen molar-refractivity contribution in [1.29, 1.82) is 0 Å². The molecule has 2 aromatic rings. The molecule has 2 heterocycles. The van der Waals surface area contributed by atoms with Crippen LogP contribution in [-0.2, 0) is 11.3 Å². The summed E-state index contributed by atoms with van der Waals surface area (Å²) >= 11 is 1.46. The zero-order valence-corrected chi connectivity index (χ0v) is 17.2. The quantitative estimate of drug-likeness (QED) is 0.791. The standard InChI is InChI=1S/C21H28N2O3S/c1-15-10-16(2)17(3)19(11-15)26-13-18-12-20(27-14-18)21(24)22-4-5-23-6-8-25-9-7-23/h10-12,14H,4-9,13H2,1-3H3,(H,22,24). The number of thiophene rings is 1. The van der Waals surface area contributed by atoms with Crippen LogP contribution in [0, 0.1) is 20.8 Å². The van der Waals surface area contributed by atoms with E-state index in [0.717, 1.165) is 54.6 Å². The van der Waals surface area contributed by atoms with Crippen molar-refractivity contribution in [1.82, 2.24) is 10.2 Å². The molecule has 0 spiro atoms. The summed E-state index contributed by atoms with van der Waals surface area (Å²) in [7, 11) is 0. The van der Waals surface area contributed by atoms with Crippen LogP contribution in [0.1, 0.15) is 31.9 Å². The molecule has 27 heavy (non-hydrogen) atoms. The number of benzene rings is 1. The Hall–Kier alpha value is -1.89. The minimum Gasteiger partial charge on any atom is -0.489 e. The summed E-state index contributed by atoms with van der Waals surface area (Å²) in [6, 6.07) is 6.15. The van der Waals surface area contributed by atoms with Gasteiger partial charge in [-0.1, -0.05) is 6.07 Å². The summed E-state index contributed by atoms with van der Waals surface area (Å²) in [6.07, 6.45) is 0. The van der Waals surface area contributed by atoms with Crippen LogP contribution < -0.4 is 10.1 Å². The third-order valence-electron chi connectivity index (χ3n) is 4.85. The lowest BCUT2D eigenvalue weighted by Gasteiger charge is -2.26. The molecule has 1 aliphatic rings. The predicted molar refractivity (Wildman–Crippen MR) is 109 cm³/mol. The fourth-order valence-electron chi connectivity index (χ4n) is 3.12. The number of carbonyl (C=O) groups excluding carboxylic acids is 1. The molecule has 5 nitrogen and oxygen atoms in total. The third kappa shape index (κ3) is 5.54. The summed E-state index contributed by atoms with van der Waals surface area (Å²) in [5, 5.41) is 5.00. The van der Waals surface area contributed by atoms with Gasteiger partial charge in [0.05, 0.1) is 18.1 Å². The van der Waals surface area contributed by atoms with E-state index in [1.54, 1.807) is 0 Å². The number of nitrogens with zero attached hydrogens (tertiary/aromatic N) is 1. The largest absolute Gasteiger partial charge is 0.489 e. The van der Waals surface area contributed by atoms with E-state index in [9.17, 15) is 4.79 Å². The number of hydrogen-bond donors (Lipinski definition) is 1. The number of aryl methyl sites for hydroxylation is 2. The van der Waals surface area contributed by atoms with E-state index in [1.165, 1.54) is 22.5 Å². The molecule has 1 aromatic carbocycles. The molecule has 0 unspecified atom stereocenters. The Kier molecular flexibility index (Phi) is 6.88. The smallest absolute Gasteiger partial charge is 0.261 e. The number of amides is 1. The van der Waals surface area contributed by atoms with Crippen molar-refractivity contribution < 1.29 is 14.3 Å². The first-order valence-electron chi connectivity index (χ1n) is 9.39. The lowest BCUT2D eigenvalue weighted by atomic mass is 10.1. The highest BCUT2D eigenvalue weighted by molar-refractivity contribution is 7.12. The van der Waals surface area contributed by atoms with Crippen molar-refractivity contribution in [3.63, 3.8) is 0 Å². The first kappa shape index (κ1) is 19.9.